The molecule has 0 amide bonds. The summed E-state index contributed by atoms with van der Waals surface area (Å²) in [7, 11) is 0. The molecule has 1 heterocycles. The van der Waals surface area contributed by atoms with Crippen LogP contribution < -0.4 is 16.0 Å². The molecule has 24 heavy (non-hydrogen) atoms. The smallest absolute Gasteiger partial charge is 0.331 e. The molecule has 0 bridgehead atoms. The van der Waals surface area contributed by atoms with Crippen molar-refractivity contribution in [3.63, 3.8) is 0 Å². The number of benzene rings is 2. The van der Waals surface area contributed by atoms with E-state index < -0.39 is 11.2 Å². The Hall–Kier alpha value is -2.44. The van der Waals surface area contributed by atoms with Gasteiger partial charge in [0.2, 0.25) is 0 Å². The zero-order valence-corrected chi connectivity index (χ0v) is 14.0. The van der Waals surface area contributed by atoms with Crippen LogP contribution in [0.15, 0.2) is 80.2 Å². The molecule has 7 heteroatoms. The molecular weight excluding hydrogens is 348 g/mol. The van der Waals surface area contributed by atoms with E-state index in [0.29, 0.717) is 15.8 Å². The van der Waals surface area contributed by atoms with Crippen molar-refractivity contribution in [2.45, 2.75) is 16.7 Å². The fourth-order valence-corrected chi connectivity index (χ4v) is 3.06. The van der Waals surface area contributed by atoms with E-state index in [1.807, 2.05) is 30.3 Å². The van der Waals surface area contributed by atoms with Crippen molar-refractivity contribution in [2.24, 2.45) is 0 Å². The van der Waals surface area contributed by atoms with Gasteiger partial charge in [-0.05, 0) is 36.4 Å². The fourth-order valence-electron chi connectivity index (χ4n) is 1.99. The number of rotatable bonds is 5. The van der Waals surface area contributed by atoms with Gasteiger partial charge in [-0.25, -0.2) is 4.79 Å². The van der Waals surface area contributed by atoms with E-state index in [4.69, 9.17) is 16.3 Å². The molecular formula is C17H13ClN2O3S. The van der Waals surface area contributed by atoms with Gasteiger partial charge in [0, 0.05) is 16.0 Å². The molecule has 0 unspecified atom stereocenters. The largest absolute Gasteiger partial charge is 0.473 e. The van der Waals surface area contributed by atoms with Gasteiger partial charge in [0.25, 0.3) is 5.56 Å². The molecule has 5 nitrogen and oxygen atoms in total. The number of aromatic amines is 1. The molecule has 0 saturated carbocycles. The van der Waals surface area contributed by atoms with Crippen molar-refractivity contribution in [2.75, 3.05) is 0 Å². The van der Waals surface area contributed by atoms with Gasteiger partial charge in [0.05, 0.1) is 5.03 Å². The maximum atomic E-state index is 12.1. The van der Waals surface area contributed by atoms with Gasteiger partial charge in [-0.3, -0.25) is 14.3 Å². The highest BCUT2D eigenvalue weighted by Gasteiger charge is 2.09. The Morgan fingerprint density at radius 1 is 1.04 bits per heavy atom. The third-order valence-electron chi connectivity index (χ3n) is 3.14. The zero-order valence-electron chi connectivity index (χ0n) is 12.4. The highest BCUT2D eigenvalue weighted by molar-refractivity contribution is 7.99. The molecule has 0 spiro atoms. The van der Waals surface area contributed by atoms with Gasteiger partial charge in [-0.2, -0.15) is 0 Å². The molecule has 0 aliphatic carbocycles. The molecule has 122 valence electrons. The fraction of sp³-hybridized carbons (Fsp3) is 0.0588. The molecule has 0 fully saturated rings. The van der Waals surface area contributed by atoms with Crippen LogP contribution in [0.4, 0.5) is 0 Å². The molecule has 3 rings (SSSR count). The second kappa shape index (κ2) is 7.42. The van der Waals surface area contributed by atoms with E-state index in [0.717, 1.165) is 4.90 Å². The van der Waals surface area contributed by atoms with E-state index in [-0.39, 0.29) is 6.73 Å². The maximum absolute atomic E-state index is 12.1. The number of H-pyrrole nitrogens is 1. The molecule has 2 aromatic carbocycles. The van der Waals surface area contributed by atoms with Crippen molar-refractivity contribution in [3.05, 3.63) is 86.5 Å². The Labute approximate surface area is 146 Å². The summed E-state index contributed by atoms with van der Waals surface area (Å²) >= 11 is 7.16. The monoisotopic (exact) mass is 360 g/mol. The van der Waals surface area contributed by atoms with Crippen molar-refractivity contribution < 1.29 is 4.74 Å². The minimum atomic E-state index is -0.519. The van der Waals surface area contributed by atoms with Crippen LogP contribution in [0.25, 0.3) is 0 Å². The Balaban J connectivity index is 1.87. The third-order valence-corrected chi connectivity index (χ3v) is 4.44. The lowest BCUT2D eigenvalue weighted by atomic mass is 10.3. The van der Waals surface area contributed by atoms with Crippen molar-refractivity contribution in [1.29, 1.82) is 0 Å². The Kier molecular flexibility index (Phi) is 5.08. The topological polar surface area (TPSA) is 64.1 Å². The lowest BCUT2D eigenvalue weighted by Crippen LogP contribution is -2.32. The summed E-state index contributed by atoms with van der Waals surface area (Å²) in [5.74, 6) is 0.577. The van der Waals surface area contributed by atoms with E-state index in [1.54, 1.807) is 24.3 Å². The normalized spacial score (nSPS) is 10.5. The van der Waals surface area contributed by atoms with Gasteiger partial charge in [-0.15, -0.1) is 0 Å². The summed E-state index contributed by atoms with van der Waals surface area (Å²) < 4.78 is 6.98. The zero-order chi connectivity index (χ0) is 16.9. The van der Waals surface area contributed by atoms with Crippen LogP contribution in [0.5, 0.6) is 5.75 Å². The standard InChI is InChI=1S/C17H13ClN2O3S/c18-12-6-8-13(9-7-12)23-11-20-16(10-15(21)19-17(20)22)24-14-4-2-1-3-5-14/h1-10H,11H2,(H,19,21,22). The van der Waals surface area contributed by atoms with Gasteiger partial charge in [0.1, 0.15) is 5.75 Å². The molecule has 0 saturated heterocycles. The minimum Gasteiger partial charge on any atom is -0.473 e. The number of aromatic nitrogens is 2. The molecule has 3 aromatic rings. The van der Waals surface area contributed by atoms with E-state index in [9.17, 15) is 9.59 Å². The third kappa shape index (κ3) is 4.10. The van der Waals surface area contributed by atoms with Crippen molar-refractivity contribution in [3.8, 4) is 5.75 Å². The number of ether oxygens (including phenoxy) is 1. The number of hydrogen-bond acceptors (Lipinski definition) is 4. The number of nitrogens with zero attached hydrogens (tertiary/aromatic N) is 1. The van der Waals surface area contributed by atoms with Crippen LogP contribution in [-0.2, 0) is 6.73 Å². The van der Waals surface area contributed by atoms with Gasteiger partial charge in [-0.1, -0.05) is 41.6 Å². The van der Waals surface area contributed by atoms with Crippen molar-refractivity contribution in [1.82, 2.24) is 9.55 Å². The van der Waals surface area contributed by atoms with Crippen LogP contribution in [0.2, 0.25) is 5.02 Å². The maximum Gasteiger partial charge on any atom is 0.331 e. The summed E-state index contributed by atoms with van der Waals surface area (Å²) in [6, 6.07) is 17.7. The average molecular weight is 361 g/mol. The lowest BCUT2D eigenvalue weighted by Gasteiger charge is -2.12. The van der Waals surface area contributed by atoms with E-state index in [2.05, 4.69) is 4.98 Å². The first kappa shape index (κ1) is 16.4. The molecule has 0 aliphatic rings. The second-order valence-corrected chi connectivity index (χ2v) is 6.38. The average Bonchev–Trinajstić information content (AvgIpc) is 2.56. The highest BCUT2D eigenvalue weighted by Crippen LogP contribution is 2.25. The highest BCUT2D eigenvalue weighted by atomic mass is 35.5. The van der Waals surface area contributed by atoms with Gasteiger partial charge >= 0.3 is 5.69 Å². The SMILES string of the molecule is O=c1cc(Sc2ccccc2)n(COc2ccc(Cl)cc2)c(=O)[nH]1. The number of hydrogen-bond donors (Lipinski definition) is 1. The Bertz CT molecular complexity index is 937. The van der Waals surface area contributed by atoms with E-state index in [1.165, 1.54) is 22.4 Å². The van der Waals surface area contributed by atoms with Crippen LogP contribution in [0, 0.1) is 0 Å². The van der Waals surface area contributed by atoms with Gasteiger partial charge < -0.3 is 4.74 Å². The molecule has 0 atom stereocenters. The summed E-state index contributed by atoms with van der Waals surface area (Å²) in [6.45, 7) is -0.0214. The van der Waals surface area contributed by atoms with E-state index >= 15 is 0 Å². The summed E-state index contributed by atoms with van der Waals surface area (Å²) in [4.78, 5) is 26.9. The summed E-state index contributed by atoms with van der Waals surface area (Å²) in [5.41, 5.74) is -0.962. The molecule has 1 aromatic heterocycles. The first-order chi connectivity index (χ1) is 11.6. The van der Waals surface area contributed by atoms with Gasteiger partial charge in [0.15, 0.2) is 6.73 Å². The van der Waals surface area contributed by atoms with Crippen LogP contribution >= 0.6 is 23.4 Å². The summed E-state index contributed by atoms with van der Waals surface area (Å²) in [6.07, 6.45) is 0. The van der Waals surface area contributed by atoms with Crippen LogP contribution in [0.1, 0.15) is 0 Å². The molecule has 0 radical (unpaired) electrons. The molecule has 1 N–H and O–H groups in total. The van der Waals surface area contributed by atoms with Crippen LogP contribution in [-0.4, -0.2) is 9.55 Å². The Morgan fingerprint density at radius 2 is 1.75 bits per heavy atom. The van der Waals surface area contributed by atoms with Crippen molar-refractivity contribution >= 4 is 23.4 Å². The first-order valence-electron chi connectivity index (χ1n) is 7.07. The number of halogens is 1. The minimum absolute atomic E-state index is 0.0214. The van der Waals surface area contributed by atoms with Crippen LogP contribution in [0.3, 0.4) is 0 Å². The molecule has 0 aliphatic heterocycles. The lowest BCUT2D eigenvalue weighted by molar-refractivity contribution is 0.219. The predicted octanol–water partition coefficient (Wildman–Crippen LogP) is 3.38. The first-order valence-corrected chi connectivity index (χ1v) is 8.27. The number of nitrogens with one attached hydrogen (secondary N) is 1. The second-order valence-electron chi connectivity index (χ2n) is 4.85. The quantitative estimate of drug-likeness (QED) is 0.708. The summed E-state index contributed by atoms with van der Waals surface area (Å²) in [5, 5.41) is 1.10. The Morgan fingerprint density at radius 3 is 2.46 bits per heavy atom. The predicted molar refractivity (Wildman–Crippen MR) is 94.0 cm³/mol.